The molecule has 2 aromatic heterocycles. The molecule has 0 unspecified atom stereocenters. The lowest BCUT2D eigenvalue weighted by molar-refractivity contribution is 0.0704. The van der Waals surface area contributed by atoms with Crippen LogP contribution in [0.2, 0.25) is 5.02 Å². The minimum atomic E-state index is -1.31. The molecule has 2 aromatic carbocycles. The van der Waals surface area contributed by atoms with Gasteiger partial charge >= 0.3 is 11.7 Å². The Morgan fingerprint density at radius 3 is 2.71 bits per heavy atom. The summed E-state index contributed by atoms with van der Waals surface area (Å²) in [5.74, 6) is -2.48. The SMILES string of the molecule is O=C(O)c1scc2[nH]c(=O)n(-c3cc(OCc4cc(F)ccc4F)ccc3Cl)c(=O)c12. The smallest absolute Gasteiger partial charge is 0.346 e. The molecule has 7 nitrogen and oxygen atoms in total. The second kappa shape index (κ2) is 7.97. The van der Waals surface area contributed by atoms with Gasteiger partial charge in [0.2, 0.25) is 0 Å². The molecule has 0 amide bonds. The molecule has 0 atom stereocenters. The molecule has 0 radical (unpaired) electrons. The van der Waals surface area contributed by atoms with Crippen LogP contribution in [0, 0.1) is 11.6 Å². The fraction of sp³-hybridized carbons (Fsp3) is 0.0500. The molecule has 0 spiro atoms. The number of aromatic nitrogens is 2. The van der Waals surface area contributed by atoms with Gasteiger partial charge in [-0.25, -0.2) is 22.9 Å². The highest BCUT2D eigenvalue weighted by Crippen LogP contribution is 2.26. The largest absolute Gasteiger partial charge is 0.489 e. The van der Waals surface area contributed by atoms with Crippen molar-refractivity contribution in [1.82, 2.24) is 9.55 Å². The summed E-state index contributed by atoms with van der Waals surface area (Å²) in [6.07, 6.45) is 0. The third kappa shape index (κ3) is 3.82. The van der Waals surface area contributed by atoms with Crippen LogP contribution in [-0.2, 0) is 6.61 Å². The zero-order valence-corrected chi connectivity index (χ0v) is 16.9. The van der Waals surface area contributed by atoms with Crippen LogP contribution < -0.4 is 16.0 Å². The highest BCUT2D eigenvalue weighted by Gasteiger charge is 2.20. The summed E-state index contributed by atoms with van der Waals surface area (Å²) in [6.45, 7) is -0.317. The van der Waals surface area contributed by atoms with Crippen LogP contribution in [0.3, 0.4) is 0 Å². The number of thiophene rings is 1. The number of nitrogens with one attached hydrogen (secondary N) is 1. The van der Waals surface area contributed by atoms with Crippen molar-refractivity contribution in [2.75, 3.05) is 0 Å². The first kappa shape index (κ1) is 20.8. The maximum atomic E-state index is 13.8. The number of aromatic carboxylic acids is 1. The van der Waals surface area contributed by atoms with E-state index < -0.39 is 28.9 Å². The standard InChI is InChI=1S/C20H11ClF2N2O5S/c21-12-3-2-11(30-7-9-5-10(22)1-4-13(9)23)6-15(12)25-18(26)16-14(24-20(25)29)8-31-17(16)19(27)28/h1-6,8H,7H2,(H,24,29)(H,27,28). The van der Waals surface area contributed by atoms with E-state index in [1.165, 1.54) is 23.6 Å². The fourth-order valence-corrected chi connectivity index (χ4v) is 4.01. The van der Waals surface area contributed by atoms with Crippen molar-refractivity contribution in [3.05, 3.63) is 89.7 Å². The van der Waals surface area contributed by atoms with Gasteiger partial charge in [0.1, 0.15) is 28.9 Å². The first-order chi connectivity index (χ1) is 14.8. The molecule has 158 valence electrons. The zero-order valence-electron chi connectivity index (χ0n) is 15.3. The lowest BCUT2D eigenvalue weighted by Gasteiger charge is -2.12. The van der Waals surface area contributed by atoms with Crippen LogP contribution in [-0.4, -0.2) is 20.6 Å². The number of hydrogen-bond acceptors (Lipinski definition) is 5. The average molecular weight is 465 g/mol. The van der Waals surface area contributed by atoms with Crippen LogP contribution in [0.1, 0.15) is 15.2 Å². The zero-order chi connectivity index (χ0) is 22.3. The van der Waals surface area contributed by atoms with Crippen LogP contribution in [0.25, 0.3) is 16.6 Å². The van der Waals surface area contributed by atoms with Gasteiger partial charge in [0.05, 0.1) is 21.6 Å². The van der Waals surface area contributed by atoms with E-state index in [9.17, 15) is 28.3 Å². The van der Waals surface area contributed by atoms with Gasteiger partial charge in [0, 0.05) is 17.0 Å². The second-order valence-electron chi connectivity index (χ2n) is 6.37. The van der Waals surface area contributed by atoms with E-state index in [0.717, 1.165) is 29.5 Å². The van der Waals surface area contributed by atoms with E-state index in [0.29, 0.717) is 4.57 Å². The summed E-state index contributed by atoms with van der Waals surface area (Å²) in [4.78, 5) is 39.1. The lowest BCUT2D eigenvalue weighted by atomic mass is 10.2. The molecule has 2 heterocycles. The third-order valence-electron chi connectivity index (χ3n) is 4.41. The van der Waals surface area contributed by atoms with E-state index in [2.05, 4.69) is 4.98 Å². The Morgan fingerprint density at radius 2 is 1.97 bits per heavy atom. The highest BCUT2D eigenvalue weighted by molar-refractivity contribution is 7.13. The van der Waals surface area contributed by atoms with E-state index in [4.69, 9.17) is 16.3 Å². The molecule has 0 saturated heterocycles. The normalized spacial score (nSPS) is 11.1. The number of halogens is 3. The van der Waals surface area contributed by atoms with Gasteiger partial charge in [-0.15, -0.1) is 11.3 Å². The number of carboxylic acids is 1. The van der Waals surface area contributed by atoms with Crippen molar-refractivity contribution in [3.63, 3.8) is 0 Å². The van der Waals surface area contributed by atoms with Crippen LogP contribution in [0.15, 0.2) is 51.4 Å². The Bertz CT molecular complexity index is 1460. The Labute approximate surface area is 180 Å². The van der Waals surface area contributed by atoms with Gasteiger partial charge in [-0.3, -0.25) is 4.79 Å². The van der Waals surface area contributed by atoms with Gasteiger partial charge in [0.15, 0.2) is 0 Å². The highest BCUT2D eigenvalue weighted by atomic mass is 35.5. The molecule has 4 aromatic rings. The second-order valence-corrected chi connectivity index (χ2v) is 7.65. The van der Waals surface area contributed by atoms with E-state index in [1.54, 1.807) is 0 Å². The molecule has 0 saturated carbocycles. The van der Waals surface area contributed by atoms with Crippen LogP contribution in [0.5, 0.6) is 5.75 Å². The Kier molecular flexibility index (Phi) is 5.34. The first-order valence-electron chi connectivity index (χ1n) is 8.62. The minimum Gasteiger partial charge on any atom is -0.489 e. The molecule has 2 N–H and O–H groups in total. The predicted octanol–water partition coefficient (Wildman–Crippen LogP) is 3.95. The molecule has 0 aliphatic carbocycles. The number of carbonyl (C=O) groups is 1. The van der Waals surface area contributed by atoms with Crippen molar-refractivity contribution in [2.24, 2.45) is 0 Å². The first-order valence-corrected chi connectivity index (χ1v) is 9.88. The molecule has 0 bridgehead atoms. The number of H-pyrrole nitrogens is 1. The number of ether oxygens (including phenoxy) is 1. The van der Waals surface area contributed by atoms with Gasteiger partial charge in [-0.05, 0) is 30.3 Å². The number of nitrogens with zero attached hydrogens (tertiary/aromatic N) is 1. The number of aromatic amines is 1. The maximum absolute atomic E-state index is 13.8. The Balaban J connectivity index is 1.79. The summed E-state index contributed by atoms with van der Waals surface area (Å²) in [7, 11) is 0. The van der Waals surface area contributed by atoms with Crippen LogP contribution in [0.4, 0.5) is 8.78 Å². The van der Waals surface area contributed by atoms with Crippen molar-refractivity contribution >= 4 is 39.8 Å². The quantitative estimate of drug-likeness (QED) is 0.465. The molecule has 31 heavy (non-hydrogen) atoms. The Morgan fingerprint density at radius 1 is 1.19 bits per heavy atom. The lowest BCUT2D eigenvalue weighted by Crippen LogP contribution is -2.34. The van der Waals surface area contributed by atoms with E-state index >= 15 is 0 Å². The summed E-state index contributed by atoms with van der Waals surface area (Å²) < 4.78 is 33.3. The third-order valence-corrected chi connectivity index (χ3v) is 5.70. The van der Waals surface area contributed by atoms with Gasteiger partial charge in [-0.2, -0.15) is 0 Å². The molecular weight excluding hydrogens is 454 g/mol. The van der Waals surface area contributed by atoms with Crippen molar-refractivity contribution in [3.8, 4) is 11.4 Å². The summed E-state index contributed by atoms with van der Waals surface area (Å²) in [5.41, 5.74) is -1.69. The van der Waals surface area contributed by atoms with E-state index in [1.807, 2.05) is 0 Å². The molecule has 4 rings (SSSR count). The minimum absolute atomic E-state index is 0.0170. The number of benzene rings is 2. The predicted molar refractivity (Wildman–Crippen MR) is 111 cm³/mol. The molecule has 11 heteroatoms. The summed E-state index contributed by atoms with van der Waals surface area (Å²) in [5, 5.41) is 10.5. The number of fused-ring (bicyclic) bond motifs is 1. The van der Waals surface area contributed by atoms with Gasteiger partial charge in [0.25, 0.3) is 5.56 Å². The fourth-order valence-electron chi connectivity index (χ4n) is 2.98. The number of hydrogen-bond donors (Lipinski definition) is 2. The average Bonchev–Trinajstić information content (AvgIpc) is 3.15. The number of rotatable bonds is 5. The van der Waals surface area contributed by atoms with Crippen molar-refractivity contribution < 1.29 is 23.4 Å². The monoisotopic (exact) mass is 464 g/mol. The molecular formula is C20H11ClF2N2O5S. The topological polar surface area (TPSA) is 101 Å². The summed E-state index contributed by atoms with van der Waals surface area (Å²) in [6, 6.07) is 6.98. The molecule has 0 aliphatic rings. The Hall–Kier alpha value is -3.50. The van der Waals surface area contributed by atoms with E-state index in [-0.39, 0.29) is 44.4 Å². The van der Waals surface area contributed by atoms with Gasteiger partial charge < -0.3 is 14.8 Å². The van der Waals surface area contributed by atoms with Crippen LogP contribution >= 0.6 is 22.9 Å². The number of carboxylic acid groups (broad SMARTS) is 1. The van der Waals surface area contributed by atoms with Crippen molar-refractivity contribution in [2.45, 2.75) is 6.61 Å². The maximum Gasteiger partial charge on any atom is 0.346 e. The molecule has 0 fully saturated rings. The summed E-state index contributed by atoms with van der Waals surface area (Å²) >= 11 is 6.98. The van der Waals surface area contributed by atoms with Crippen molar-refractivity contribution in [1.29, 1.82) is 0 Å². The van der Waals surface area contributed by atoms with Gasteiger partial charge in [-0.1, -0.05) is 11.6 Å². The molecule has 0 aliphatic heterocycles.